The normalized spacial score (nSPS) is 11.2. The molecule has 0 aromatic rings. The van der Waals surface area contributed by atoms with Crippen LogP contribution in [0.15, 0.2) is 0 Å². The van der Waals surface area contributed by atoms with Gasteiger partial charge in [0.05, 0.1) is 6.10 Å². The first-order valence-electron chi connectivity index (χ1n) is 2.40. The summed E-state index contributed by atoms with van der Waals surface area (Å²) in [5, 5.41) is 0. The van der Waals surface area contributed by atoms with Crippen LogP contribution in [0.5, 0.6) is 0 Å². The highest BCUT2D eigenvalue weighted by atomic mass is 24.3. The van der Waals surface area contributed by atoms with Crippen LogP contribution in [0, 0.1) is 0 Å². The van der Waals surface area contributed by atoms with E-state index in [2.05, 4.69) is 4.74 Å². The van der Waals surface area contributed by atoms with E-state index < -0.39 is 0 Å². The first kappa shape index (κ1) is 11.1. The zero-order valence-corrected chi connectivity index (χ0v) is 4.68. The zero-order valence-electron chi connectivity index (χ0n) is 4.68. The SMILES string of the molecule is CCC(C)OC=O.[MgH2]. The van der Waals surface area contributed by atoms with Gasteiger partial charge >= 0.3 is 23.1 Å². The fourth-order valence-corrected chi connectivity index (χ4v) is 0.191. The molecule has 0 aliphatic heterocycles. The summed E-state index contributed by atoms with van der Waals surface area (Å²) in [6.45, 7) is 4.30. The van der Waals surface area contributed by atoms with Crippen molar-refractivity contribution in [3.8, 4) is 0 Å². The van der Waals surface area contributed by atoms with Crippen LogP contribution < -0.4 is 0 Å². The smallest absolute Gasteiger partial charge is 0.316 e. The Morgan fingerprint density at radius 1 is 1.75 bits per heavy atom. The van der Waals surface area contributed by atoms with Crippen molar-refractivity contribution in [2.24, 2.45) is 0 Å². The Morgan fingerprint density at radius 2 is 2.25 bits per heavy atom. The molecule has 46 valence electrons. The van der Waals surface area contributed by atoms with Crippen molar-refractivity contribution < 1.29 is 9.53 Å². The van der Waals surface area contributed by atoms with Gasteiger partial charge in [-0.15, -0.1) is 0 Å². The summed E-state index contributed by atoms with van der Waals surface area (Å²) in [6, 6.07) is 0. The quantitative estimate of drug-likeness (QED) is 0.396. The average molecular weight is 128 g/mol. The Balaban J connectivity index is 0. The molecule has 3 heteroatoms. The number of hydrogen-bond acceptors (Lipinski definition) is 2. The van der Waals surface area contributed by atoms with Crippen molar-refractivity contribution in [1.82, 2.24) is 0 Å². The fraction of sp³-hybridized carbons (Fsp3) is 0.800. The highest BCUT2D eigenvalue weighted by Crippen LogP contribution is 1.90. The molecule has 0 saturated carbocycles. The van der Waals surface area contributed by atoms with Crippen molar-refractivity contribution >= 4 is 29.5 Å². The lowest BCUT2D eigenvalue weighted by molar-refractivity contribution is -0.132. The van der Waals surface area contributed by atoms with Gasteiger partial charge in [-0.25, -0.2) is 0 Å². The van der Waals surface area contributed by atoms with Crippen LogP contribution in [0.3, 0.4) is 0 Å². The van der Waals surface area contributed by atoms with E-state index in [1.807, 2.05) is 13.8 Å². The molecule has 0 amide bonds. The Morgan fingerprint density at radius 3 is 2.38 bits per heavy atom. The van der Waals surface area contributed by atoms with Crippen LogP contribution in [0.4, 0.5) is 0 Å². The maximum absolute atomic E-state index is 9.55. The summed E-state index contributed by atoms with van der Waals surface area (Å²) in [7, 11) is 0. The molecule has 0 aliphatic rings. The molecule has 0 aliphatic carbocycles. The first-order valence-corrected chi connectivity index (χ1v) is 2.40. The summed E-state index contributed by atoms with van der Waals surface area (Å²) >= 11 is 0. The maximum atomic E-state index is 9.55. The van der Waals surface area contributed by atoms with Gasteiger partial charge < -0.3 is 4.74 Å². The highest BCUT2D eigenvalue weighted by Gasteiger charge is 1.92. The molecule has 1 atom stereocenters. The van der Waals surface area contributed by atoms with Crippen LogP contribution in [0.1, 0.15) is 20.3 Å². The molecule has 0 fully saturated rings. The predicted molar refractivity (Wildman–Crippen MR) is 35.4 cm³/mol. The van der Waals surface area contributed by atoms with Crippen molar-refractivity contribution in [1.29, 1.82) is 0 Å². The highest BCUT2D eigenvalue weighted by molar-refractivity contribution is 5.75. The minimum atomic E-state index is 0. The predicted octanol–water partition coefficient (Wildman–Crippen LogP) is 0.0417. The lowest BCUT2D eigenvalue weighted by atomic mass is 10.3. The number of rotatable bonds is 3. The molecule has 0 spiro atoms. The molecular weight excluding hydrogens is 116 g/mol. The standard InChI is InChI=1S/C5H10O2.Mg.2H/c1-3-5(2)7-4-6;;;/h4-5H,3H2,1-2H3;;;. The monoisotopic (exact) mass is 128 g/mol. The summed E-state index contributed by atoms with van der Waals surface area (Å²) in [6.07, 6.45) is 0.969. The Labute approximate surface area is 65.7 Å². The van der Waals surface area contributed by atoms with E-state index in [0.717, 1.165) is 6.42 Å². The third kappa shape index (κ3) is 6.24. The molecular formula is C5H12MgO2. The Kier molecular flexibility index (Phi) is 10.0. The molecule has 0 N–H and O–H groups in total. The van der Waals surface area contributed by atoms with Crippen LogP contribution in [-0.2, 0) is 9.53 Å². The number of carbonyl (C=O) groups excluding carboxylic acids is 1. The zero-order chi connectivity index (χ0) is 5.70. The minimum absolute atomic E-state index is 0. The molecule has 0 radical (unpaired) electrons. The van der Waals surface area contributed by atoms with Crippen LogP contribution in [-0.4, -0.2) is 35.6 Å². The molecule has 0 bridgehead atoms. The van der Waals surface area contributed by atoms with Crippen LogP contribution in [0.25, 0.3) is 0 Å². The molecule has 0 aromatic carbocycles. The second-order valence-corrected chi connectivity index (χ2v) is 1.45. The molecule has 8 heavy (non-hydrogen) atoms. The van der Waals surface area contributed by atoms with Gasteiger partial charge in [-0.05, 0) is 13.3 Å². The first-order chi connectivity index (χ1) is 3.31. The van der Waals surface area contributed by atoms with Gasteiger partial charge in [0, 0.05) is 0 Å². The number of ether oxygens (including phenoxy) is 1. The van der Waals surface area contributed by atoms with E-state index in [-0.39, 0.29) is 29.2 Å². The molecule has 0 saturated heterocycles. The third-order valence-corrected chi connectivity index (χ3v) is 0.863. The molecule has 1 unspecified atom stereocenters. The van der Waals surface area contributed by atoms with Gasteiger partial charge in [0.2, 0.25) is 0 Å². The summed E-state index contributed by atoms with van der Waals surface area (Å²) in [5.41, 5.74) is 0. The van der Waals surface area contributed by atoms with Crippen molar-refractivity contribution in [2.75, 3.05) is 0 Å². The van der Waals surface area contributed by atoms with Crippen LogP contribution >= 0.6 is 0 Å². The van der Waals surface area contributed by atoms with E-state index in [0.29, 0.717) is 6.47 Å². The van der Waals surface area contributed by atoms with Gasteiger partial charge in [0.15, 0.2) is 0 Å². The lowest BCUT2D eigenvalue weighted by Crippen LogP contribution is -2.03. The molecule has 2 nitrogen and oxygen atoms in total. The van der Waals surface area contributed by atoms with Gasteiger partial charge in [-0.3, -0.25) is 4.79 Å². The van der Waals surface area contributed by atoms with Crippen molar-refractivity contribution in [3.05, 3.63) is 0 Å². The minimum Gasteiger partial charge on any atom is -0.465 e. The second kappa shape index (κ2) is 7.24. The van der Waals surface area contributed by atoms with Crippen LogP contribution in [0.2, 0.25) is 0 Å². The molecule has 0 heterocycles. The van der Waals surface area contributed by atoms with E-state index in [9.17, 15) is 4.79 Å². The Bertz CT molecular complexity index is 56.4. The van der Waals surface area contributed by atoms with Gasteiger partial charge in [0.25, 0.3) is 6.47 Å². The summed E-state index contributed by atoms with van der Waals surface area (Å²) in [4.78, 5) is 9.55. The maximum Gasteiger partial charge on any atom is 0.316 e. The van der Waals surface area contributed by atoms with E-state index in [1.165, 1.54) is 0 Å². The van der Waals surface area contributed by atoms with Crippen molar-refractivity contribution in [3.63, 3.8) is 0 Å². The van der Waals surface area contributed by atoms with Crippen molar-refractivity contribution in [2.45, 2.75) is 26.4 Å². The lowest BCUT2D eigenvalue weighted by Gasteiger charge is -2.02. The van der Waals surface area contributed by atoms with Gasteiger partial charge in [0.1, 0.15) is 0 Å². The Hall–Kier alpha value is 0.236. The molecule has 0 aromatic heterocycles. The molecule has 0 rings (SSSR count). The van der Waals surface area contributed by atoms with E-state index in [1.54, 1.807) is 0 Å². The average Bonchev–Trinajstić information content (AvgIpc) is 1.68. The number of carbonyl (C=O) groups is 1. The van der Waals surface area contributed by atoms with Gasteiger partial charge in [-0.1, -0.05) is 6.92 Å². The largest absolute Gasteiger partial charge is 0.465 e. The summed E-state index contributed by atoms with van der Waals surface area (Å²) < 4.78 is 4.51. The third-order valence-electron chi connectivity index (χ3n) is 0.863. The van der Waals surface area contributed by atoms with Gasteiger partial charge in [-0.2, -0.15) is 0 Å². The summed E-state index contributed by atoms with van der Waals surface area (Å²) in [5.74, 6) is 0. The van der Waals surface area contributed by atoms with E-state index in [4.69, 9.17) is 0 Å². The van der Waals surface area contributed by atoms with E-state index >= 15 is 0 Å². The second-order valence-electron chi connectivity index (χ2n) is 1.45. The fourth-order valence-electron chi connectivity index (χ4n) is 0.191. The number of hydrogen-bond donors (Lipinski definition) is 0. The topological polar surface area (TPSA) is 26.3 Å².